The standard InChI is InChI=1S/C15H30N2O10/c18-4-6-8(20)10(22)12(24)14(26-6)16-2-1-3-17-15-13(25)11(23)9(21)7(5-19)27-15/h6-25H,1-5H2/t6-,7-,8-,9-,10+,11+,12+,13+,14+,15+/m1/s1. The van der Waals surface area contributed by atoms with Gasteiger partial charge in [-0.05, 0) is 19.5 Å². The second-order valence-electron chi connectivity index (χ2n) is 6.76. The van der Waals surface area contributed by atoms with Crippen molar-refractivity contribution in [1.82, 2.24) is 10.6 Å². The van der Waals surface area contributed by atoms with Gasteiger partial charge in [-0.2, -0.15) is 0 Å². The molecule has 0 spiro atoms. The molecule has 10 atom stereocenters. The first-order valence-corrected chi connectivity index (χ1v) is 8.89. The van der Waals surface area contributed by atoms with Crippen LogP contribution in [0.2, 0.25) is 0 Å². The van der Waals surface area contributed by atoms with Crippen molar-refractivity contribution in [3.8, 4) is 0 Å². The number of rotatable bonds is 8. The summed E-state index contributed by atoms with van der Waals surface area (Å²) >= 11 is 0. The van der Waals surface area contributed by atoms with Crippen molar-refractivity contribution >= 4 is 0 Å². The van der Waals surface area contributed by atoms with E-state index in [4.69, 9.17) is 19.7 Å². The molecule has 160 valence electrons. The molecule has 2 heterocycles. The van der Waals surface area contributed by atoms with Crippen LogP contribution in [0.4, 0.5) is 0 Å². The van der Waals surface area contributed by atoms with Crippen LogP contribution < -0.4 is 10.6 Å². The Morgan fingerprint density at radius 3 is 1.26 bits per heavy atom. The van der Waals surface area contributed by atoms with Crippen molar-refractivity contribution in [2.24, 2.45) is 0 Å². The number of aliphatic hydroxyl groups excluding tert-OH is 8. The van der Waals surface area contributed by atoms with Crippen LogP contribution in [0, 0.1) is 0 Å². The van der Waals surface area contributed by atoms with Gasteiger partial charge < -0.3 is 50.3 Å². The molecule has 2 aliphatic heterocycles. The van der Waals surface area contributed by atoms with Crippen molar-refractivity contribution in [3.63, 3.8) is 0 Å². The van der Waals surface area contributed by atoms with Gasteiger partial charge in [0.2, 0.25) is 0 Å². The quantitative estimate of drug-likeness (QED) is 0.174. The summed E-state index contributed by atoms with van der Waals surface area (Å²) in [5.41, 5.74) is 0. The molecule has 2 aliphatic rings. The molecule has 0 saturated carbocycles. The van der Waals surface area contributed by atoms with Crippen LogP contribution in [0.25, 0.3) is 0 Å². The van der Waals surface area contributed by atoms with Crippen LogP contribution in [-0.4, -0.2) is 128 Å². The number of aliphatic hydroxyl groups is 8. The molecule has 0 aromatic heterocycles. The van der Waals surface area contributed by atoms with E-state index in [9.17, 15) is 30.6 Å². The van der Waals surface area contributed by atoms with Gasteiger partial charge >= 0.3 is 0 Å². The van der Waals surface area contributed by atoms with Gasteiger partial charge in [-0.25, -0.2) is 0 Å². The van der Waals surface area contributed by atoms with E-state index in [-0.39, 0.29) is 0 Å². The first-order valence-electron chi connectivity index (χ1n) is 8.89. The zero-order valence-corrected chi connectivity index (χ0v) is 14.7. The lowest BCUT2D eigenvalue weighted by Crippen LogP contribution is -2.63. The lowest BCUT2D eigenvalue weighted by atomic mass is 9.98. The zero-order valence-electron chi connectivity index (χ0n) is 14.7. The Morgan fingerprint density at radius 1 is 0.556 bits per heavy atom. The first kappa shape index (κ1) is 22.8. The van der Waals surface area contributed by atoms with Gasteiger partial charge in [0.05, 0.1) is 13.2 Å². The van der Waals surface area contributed by atoms with Crippen LogP contribution >= 0.6 is 0 Å². The predicted molar refractivity (Wildman–Crippen MR) is 88.2 cm³/mol. The molecule has 12 heteroatoms. The van der Waals surface area contributed by atoms with Crippen molar-refractivity contribution in [1.29, 1.82) is 0 Å². The van der Waals surface area contributed by atoms with Crippen LogP contribution in [0.3, 0.4) is 0 Å². The zero-order chi connectivity index (χ0) is 20.1. The van der Waals surface area contributed by atoms with Crippen LogP contribution in [0.5, 0.6) is 0 Å². The fourth-order valence-corrected chi connectivity index (χ4v) is 3.12. The molecule has 0 bridgehead atoms. The summed E-state index contributed by atoms with van der Waals surface area (Å²) in [6.45, 7) is -0.399. The molecule has 10 N–H and O–H groups in total. The minimum absolute atomic E-state index is 0.313. The highest BCUT2D eigenvalue weighted by molar-refractivity contribution is 4.92. The van der Waals surface area contributed by atoms with E-state index in [2.05, 4.69) is 10.6 Å². The molecule has 12 nitrogen and oxygen atoms in total. The summed E-state index contributed by atoms with van der Waals surface area (Å²) in [5, 5.41) is 82.6. The third-order valence-corrected chi connectivity index (χ3v) is 4.83. The predicted octanol–water partition coefficient (Wildman–Crippen LogP) is -5.84. The Kier molecular flexibility index (Phi) is 8.73. The average molecular weight is 398 g/mol. The van der Waals surface area contributed by atoms with Crippen LogP contribution in [0.15, 0.2) is 0 Å². The Hall–Kier alpha value is -0.480. The van der Waals surface area contributed by atoms with E-state index >= 15 is 0 Å². The summed E-state index contributed by atoms with van der Waals surface area (Å²) in [7, 11) is 0. The molecule has 0 aliphatic carbocycles. The monoisotopic (exact) mass is 398 g/mol. The van der Waals surface area contributed by atoms with E-state index < -0.39 is 74.5 Å². The fourth-order valence-electron chi connectivity index (χ4n) is 3.12. The molecular weight excluding hydrogens is 368 g/mol. The molecule has 2 rings (SSSR count). The van der Waals surface area contributed by atoms with E-state index in [0.717, 1.165) is 0 Å². The van der Waals surface area contributed by atoms with Crippen molar-refractivity contribution < 1.29 is 50.3 Å². The SMILES string of the molecule is OC[C@H]1O[C@H](NCCCN[C@H]2O[C@H](CO)[C@@H](O)[C@H](O)[C@@H]2O)[C@@H](O)[C@@H](O)[C@@H]1O. The molecule has 2 fully saturated rings. The topological polar surface area (TPSA) is 204 Å². The first-order chi connectivity index (χ1) is 12.8. The number of nitrogens with one attached hydrogen (secondary N) is 2. The van der Waals surface area contributed by atoms with Gasteiger partial charge in [0.25, 0.3) is 0 Å². The van der Waals surface area contributed by atoms with Crippen molar-refractivity contribution in [2.45, 2.75) is 67.7 Å². The van der Waals surface area contributed by atoms with E-state index in [0.29, 0.717) is 19.5 Å². The molecule has 27 heavy (non-hydrogen) atoms. The van der Waals surface area contributed by atoms with Crippen molar-refractivity contribution in [2.75, 3.05) is 26.3 Å². The van der Waals surface area contributed by atoms with E-state index in [1.54, 1.807) is 0 Å². The average Bonchev–Trinajstić information content (AvgIpc) is 2.67. The molecular formula is C15H30N2O10. The maximum Gasteiger partial charge on any atom is 0.137 e. The summed E-state index contributed by atoms with van der Waals surface area (Å²) in [4.78, 5) is 0. The van der Waals surface area contributed by atoms with Gasteiger partial charge in [-0.3, -0.25) is 10.6 Å². The Labute approximate surface area is 156 Å². The fraction of sp³-hybridized carbons (Fsp3) is 1.00. The van der Waals surface area contributed by atoms with Crippen LogP contribution in [0.1, 0.15) is 6.42 Å². The highest BCUT2D eigenvalue weighted by atomic mass is 16.6. The number of hydrogen-bond donors (Lipinski definition) is 10. The van der Waals surface area contributed by atoms with Gasteiger partial charge in [0.15, 0.2) is 0 Å². The normalized spacial score (nSPS) is 45.8. The van der Waals surface area contributed by atoms with Crippen LogP contribution in [-0.2, 0) is 9.47 Å². The smallest absolute Gasteiger partial charge is 0.137 e. The maximum absolute atomic E-state index is 9.90. The largest absolute Gasteiger partial charge is 0.394 e. The summed E-state index contributed by atoms with van der Waals surface area (Å²) in [6, 6.07) is 0. The summed E-state index contributed by atoms with van der Waals surface area (Å²) in [5.74, 6) is 0. The van der Waals surface area contributed by atoms with Gasteiger partial charge in [0.1, 0.15) is 61.3 Å². The Morgan fingerprint density at radius 2 is 0.926 bits per heavy atom. The summed E-state index contributed by atoms with van der Waals surface area (Å²) < 4.78 is 10.6. The highest BCUT2D eigenvalue weighted by Crippen LogP contribution is 2.20. The third-order valence-electron chi connectivity index (χ3n) is 4.83. The van der Waals surface area contributed by atoms with Gasteiger partial charge in [-0.1, -0.05) is 0 Å². The lowest BCUT2D eigenvalue weighted by molar-refractivity contribution is -0.237. The maximum atomic E-state index is 9.90. The Balaban J connectivity index is 1.72. The van der Waals surface area contributed by atoms with E-state index in [1.807, 2.05) is 0 Å². The van der Waals surface area contributed by atoms with Gasteiger partial charge in [0, 0.05) is 0 Å². The third kappa shape index (κ3) is 5.32. The number of hydrogen-bond acceptors (Lipinski definition) is 12. The minimum Gasteiger partial charge on any atom is -0.394 e. The second kappa shape index (κ2) is 10.3. The van der Waals surface area contributed by atoms with E-state index in [1.165, 1.54) is 0 Å². The highest BCUT2D eigenvalue weighted by Gasteiger charge is 2.44. The molecule has 0 aromatic rings. The minimum atomic E-state index is -1.46. The molecule has 0 amide bonds. The molecule has 2 saturated heterocycles. The number of ether oxygens (including phenoxy) is 2. The lowest BCUT2D eigenvalue weighted by Gasteiger charge is -2.40. The Bertz CT molecular complexity index is 405. The molecule has 0 aromatic carbocycles. The van der Waals surface area contributed by atoms with Gasteiger partial charge in [-0.15, -0.1) is 0 Å². The summed E-state index contributed by atoms with van der Waals surface area (Å²) in [6.07, 6.45) is -12.0. The molecule has 0 radical (unpaired) electrons. The second-order valence-corrected chi connectivity index (χ2v) is 6.76. The molecule has 0 unspecified atom stereocenters. The van der Waals surface area contributed by atoms with Crippen molar-refractivity contribution in [3.05, 3.63) is 0 Å².